The Bertz CT molecular complexity index is 727. The van der Waals surface area contributed by atoms with Crippen LogP contribution in [0, 0.1) is 13.8 Å². The van der Waals surface area contributed by atoms with Crippen LogP contribution in [0.5, 0.6) is 11.5 Å². The number of benzene rings is 2. The molecule has 2 aromatic rings. The van der Waals surface area contributed by atoms with Crippen molar-refractivity contribution in [2.75, 3.05) is 18.9 Å². The first-order valence-corrected chi connectivity index (χ1v) is 9.56. The molecule has 0 aromatic heterocycles. The van der Waals surface area contributed by atoms with E-state index < -0.39 is 0 Å². The molecule has 0 radical (unpaired) electrons. The lowest BCUT2D eigenvalue weighted by molar-refractivity contribution is -0.119. The monoisotopic (exact) mass is 357 g/mol. The number of fused-ring (bicyclic) bond motifs is 1. The Morgan fingerprint density at radius 3 is 2.64 bits per heavy atom. The predicted molar refractivity (Wildman–Crippen MR) is 101 cm³/mol. The third-order valence-electron chi connectivity index (χ3n) is 3.88. The van der Waals surface area contributed by atoms with Crippen molar-refractivity contribution < 1.29 is 14.3 Å². The van der Waals surface area contributed by atoms with Crippen LogP contribution in [0.15, 0.2) is 42.5 Å². The standard InChI is InChI=1S/C20H23NO3S/c1-14-7-15(2)9-16(8-14)12-25-13-20(22)21-10-17-11-23-18-5-3-4-6-19(18)24-17/h3-9,17H,10-13H2,1-2H3,(H,21,22). The highest BCUT2D eigenvalue weighted by Gasteiger charge is 2.20. The van der Waals surface area contributed by atoms with E-state index in [-0.39, 0.29) is 12.0 Å². The first-order chi connectivity index (χ1) is 12.1. The summed E-state index contributed by atoms with van der Waals surface area (Å²) < 4.78 is 11.5. The largest absolute Gasteiger partial charge is 0.486 e. The van der Waals surface area contributed by atoms with Gasteiger partial charge in [-0.3, -0.25) is 4.79 Å². The summed E-state index contributed by atoms with van der Waals surface area (Å²) in [5.41, 5.74) is 3.78. The Kier molecular flexibility index (Phi) is 5.87. The van der Waals surface area contributed by atoms with Crippen molar-refractivity contribution in [3.05, 3.63) is 59.2 Å². The molecule has 25 heavy (non-hydrogen) atoms. The molecule has 5 heteroatoms. The summed E-state index contributed by atoms with van der Waals surface area (Å²) in [5, 5.41) is 2.93. The van der Waals surface area contributed by atoms with Gasteiger partial charge in [0.15, 0.2) is 11.5 Å². The molecule has 0 spiro atoms. The van der Waals surface area contributed by atoms with Gasteiger partial charge in [-0.2, -0.15) is 0 Å². The van der Waals surface area contributed by atoms with Crippen molar-refractivity contribution in [2.45, 2.75) is 25.7 Å². The van der Waals surface area contributed by atoms with E-state index in [1.54, 1.807) is 11.8 Å². The van der Waals surface area contributed by atoms with Crippen LogP contribution in [0.1, 0.15) is 16.7 Å². The van der Waals surface area contributed by atoms with E-state index in [1.165, 1.54) is 16.7 Å². The number of ether oxygens (including phenoxy) is 2. The van der Waals surface area contributed by atoms with Crippen LogP contribution in [-0.4, -0.2) is 30.9 Å². The van der Waals surface area contributed by atoms with Crippen LogP contribution in [0.25, 0.3) is 0 Å². The molecular weight excluding hydrogens is 334 g/mol. The lowest BCUT2D eigenvalue weighted by Crippen LogP contribution is -2.41. The molecule has 0 aliphatic carbocycles. The number of amides is 1. The van der Waals surface area contributed by atoms with Gasteiger partial charge in [-0.25, -0.2) is 0 Å². The predicted octanol–water partition coefficient (Wildman–Crippen LogP) is 3.49. The fraction of sp³-hybridized carbons (Fsp3) is 0.350. The van der Waals surface area contributed by atoms with Crippen LogP contribution >= 0.6 is 11.8 Å². The number of nitrogens with one attached hydrogen (secondary N) is 1. The molecule has 4 nitrogen and oxygen atoms in total. The van der Waals surface area contributed by atoms with Gasteiger partial charge >= 0.3 is 0 Å². The Balaban J connectivity index is 1.39. The molecule has 0 fully saturated rings. The summed E-state index contributed by atoms with van der Waals surface area (Å²) in [5.74, 6) is 2.80. The fourth-order valence-corrected chi connectivity index (χ4v) is 3.65. The molecule has 1 N–H and O–H groups in total. The maximum absolute atomic E-state index is 12.0. The number of aryl methyl sites for hydroxylation is 2. The summed E-state index contributed by atoms with van der Waals surface area (Å²) in [4.78, 5) is 12.0. The van der Waals surface area contributed by atoms with Crippen LogP contribution in [0.3, 0.4) is 0 Å². The van der Waals surface area contributed by atoms with Crippen LogP contribution in [0.2, 0.25) is 0 Å². The van der Waals surface area contributed by atoms with E-state index in [0.29, 0.717) is 18.9 Å². The van der Waals surface area contributed by atoms with Crippen molar-refractivity contribution in [2.24, 2.45) is 0 Å². The van der Waals surface area contributed by atoms with E-state index >= 15 is 0 Å². The number of hydrogen-bond acceptors (Lipinski definition) is 4. The fourth-order valence-electron chi connectivity index (χ4n) is 2.86. The minimum atomic E-state index is -0.150. The lowest BCUT2D eigenvalue weighted by Gasteiger charge is -2.26. The van der Waals surface area contributed by atoms with Gasteiger partial charge in [0.2, 0.25) is 5.91 Å². The quantitative estimate of drug-likeness (QED) is 0.860. The van der Waals surface area contributed by atoms with Gasteiger partial charge in [0, 0.05) is 5.75 Å². The summed E-state index contributed by atoms with van der Waals surface area (Å²) >= 11 is 1.62. The zero-order chi connectivity index (χ0) is 17.6. The normalized spacial score (nSPS) is 15.7. The van der Waals surface area contributed by atoms with Crippen molar-refractivity contribution in [1.82, 2.24) is 5.32 Å². The maximum atomic E-state index is 12.0. The van der Waals surface area contributed by atoms with Gasteiger partial charge in [-0.05, 0) is 31.5 Å². The maximum Gasteiger partial charge on any atom is 0.230 e. The summed E-state index contributed by atoms with van der Waals surface area (Å²) in [6.45, 7) is 5.10. The number of hydrogen-bond donors (Lipinski definition) is 1. The number of carbonyl (C=O) groups is 1. The molecule has 1 aliphatic rings. The van der Waals surface area contributed by atoms with Crippen molar-refractivity contribution in [1.29, 1.82) is 0 Å². The molecule has 1 heterocycles. The SMILES string of the molecule is Cc1cc(C)cc(CSCC(=O)NCC2COc3ccccc3O2)c1. The van der Waals surface area contributed by atoms with Gasteiger partial charge < -0.3 is 14.8 Å². The number of para-hydroxylation sites is 2. The number of carbonyl (C=O) groups excluding carboxylic acids is 1. The van der Waals surface area contributed by atoms with Gasteiger partial charge in [-0.15, -0.1) is 11.8 Å². The molecule has 132 valence electrons. The molecule has 1 aliphatic heterocycles. The number of thioether (sulfide) groups is 1. The Morgan fingerprint density at radius 1 is 1.16 bits per heavy atom. The highest BCUT2D eigenvalue weighted by molar-refractivity contribution is 7.99. The van der Waals surface area contributed by atoms with Gasteiger partial charge in [-0.1, -0.05) is 41.5 Å². The van der Waals surface area contributed by atoms with Crippen LogP contribution in [0.4, 0.5) is 0 Å². The van der Waals surface area contributed by atoms with E-state index in [0.717, 1.165) is 17.3 Å². The smallest absolute Gasteiger partial charge is 0.230 e. The molecule has 2 aromatic carbocycles. The topological polar surface area (TPSA) is 47.6 Å². The van der Waals surface area contributed by atoms with Gasteiger partial charge in [0.05, 0.1) is 12.3 Å². The van der Waals surface area contributed by atoms with E-state index in [9.17, 15) is 4.79 Å². The van der Waals surface area contributed by atoms with Crippen molar-refractivity contribution >= 4 is 17.7 Å². The first-order valence-electron chi connectivity index (χ1n) is 8.40. The van der Waals surface area contributed by atoms with Gasteiger partial charge in [0.25, 0.3) is 0 Å². The molecule has 0 saturated carbocycles. The number of rotatable bonds is 6. The third-order valence-corrected chi connectivity index (χ3v) is 4.88. The first kappa shape index (κ1) is 17.7. The van der Waals surface area contributed by atoms with E-state index in [1.807, 2.05) is 24.3 Å². The highest BCUT2D eigenvalue weighted by atomic mass is 32.2. The zero-order valence-electron chi connectivity index (χ0n) is 14.6. The minimum absolute atomic E-state index is 0.0248. The summed E-state index contributed by atoms with van der Waals surface area (Å²) in [6.07, 6.45) is -0.150. The molecular formula is C20H23NO3S. The Hall–Kier alpha value is -2.14. The molecule has 1 atom stereocenters. The lowest BCUT2D eigenvalue weighted by atomic mass is 10.1. The van der Waals surface area contributed by atoms with Crippen molar-refractivity contribution in [3.63, 3.8) is 0 Å². The Labute approximate surface area is 152 Å². The highest BCUT2D eigenvalue weighted by Crippen LogP contribution is 2.30. The Morgan fingerprint density at radius 2 is 1.88 bits per heavy atom. The molecule has 1 amide bonds. The van der Waals surface area contributed by atoms with Crippen LogP contribution < -0.4 is 14.8 Å². The average molecular weight is 357 g/mol. The third kappa shape index (κ3) is 5.16. The molecule has 1 unspecified atom stereocenters. The molecule has 0 saturated heterocycles. The minimum Gasteiger partial charge on any atom is -0.486 e. The second kappa shape index (κ2) is 8.30. The molecule has 3 rings (SSSR count). The summed E-state index contributed by atoms with van der Waals surface area (Å²) in [6, 6.07) is 14.1. The second-order valence-electron chi connectivity index (χ2n) is 6.29. The van der Waals surface area contributed by atoms with E-state index in [4.69, 9.17) is 9.47 Å². The van der Waals surface area contributed by atoms with Gasteiger partial charge in [0.1, 0.15) is 12.7 Å². The summed E-state index contributed by atoms with van der Waals surface area (Å²) in [7, 11) is 0. The molecule has 0 bridgehead atoms. The van der Waals surface area contributed by atoms with Crippen molar-refractivity contribution in [3.8, 4) is 11.5 Å². The van der Waals surface area contributed by atoms with E-state index in [2.05, 4.69) is 37.4 Å². The average Bonchev–Trinajstić information content (AvgIpc) is 2.59. The second-order valence-corrected chi connectivity index (χ2v) is 7.28. The van der Waals surface area contributed by atoms with Crippen LogP contribution in [-0.2, 0) is 10.5 Å². The zero-order valence-corrected chi connectivity index (χ0v) is 15.4.